The maximum Gasteiger partial charge on any atom is 0.303 e. The molecular weight excluding hydrogens is 274 g/mol. The third kappa shape index (κ3) is 4.37. The molecule has 1 amide bonds. The zero-order valence-electron chi connectivity index (χ0n) is 11.4. The number of rotatable bonds is 6. The number of carbonyl (C=O) groups excluding carboxylic acids is 1. The van der Waals surface area contributed by atoms with Gasteiger partial charge in [0.05, 0.1) is 6.42 Å². The summed E-state index contributed by atoms with van der Waals surface area (Å²) in [5.41, 5.74) is 1.55. The smallest absolute Gasteiger partial charge is 0.303 e. The van der Waals surface area contributed by atoms with Gasteiger partial charge in [0.2, 0.25) is 5.91 Å². The average Bonchev–Trinajstić information content (AvgIpc) is 2.91. The van der Waals surface area contributed by atoms with Gasteiger partial charge in [-0.3, -0.25) is 9.59 Å². The summed E-state index contributed by atoms with van der Waals surface area (Å²) in [7, 11) is 0. The van der Waals surface area contributed by atoms with Gasteiger partial charge in [-0.15, -0.1) is 5.10 Å². The van der Waals surface area contributed by atoms with E-state index in [1.165, 1.54) is 11.0 Å². The van der Waals surface area contributed by atoms with E-state index in [-0.39, 0.29) is 24.8 Å². The van der Waals surface area contributed by atoms with Crippen molar-refractivity contribution in [1.29, 1.82) is 0 Å². The lowest BCUT2D eigenvalue weighted by atomic mass is 9.98. The Morgan fingerprint density at radius 3 is 2.62 bits per heavy atom. The van der Waals surface area contributed by atoms with E-state index in [4.69, 9.17) is 5.11 Å². The van der Waals surface area contributed by atoms with Crippen LogP contribution in [-0.2, 0) is 16.1 Å². The SMILES string of the molecule is CC(CC(=O)O)c1ccc(NC(=O)Cn2cnnn2)cc1. The minimum Gasteiger partial charge on any atom is -0.481 e. The van der Waals surface area contributed by atoms with Crippen molar-refractivity contribution in [3.05, 3.63) is 36.2 Å². The van der Waals surface area contributed by atoms with Gasteiger partial charge in [-0.1, -0.05) is 19.1 Å². The molecule has 2 N–H and O–H groups in total. The molecule has 1 aromatic carbocycles. The highest BCUT2D eigenvalue weighted by Gasteiger charge is 2.10. The molecule has 1 atom stereocenters. The Balaban J connectivity index is 1.92. The van der Waals surface area contributed by atoms with Crippen molar-refractivity contribution in [2.24, 2.45) is 0 Å². The minimum atomic E-state index is -0.832. The quantitative estimate of drug-likeness (QED) is 0.817. The van der Waals surface area contributed by atoms with E-state index in [9.17, 15) is 9.59 Å². The number of carboxylic acid groups (broad SMARTS) is 1. The van der Waals surface area contributed by atoms with E-state index in [1.54, 1.807) is 24.3 Å². The number of aliphatic carboxylic acids is 1. The molecule has 0 saturated carbocycles. The fraction of sp³-hybridized carbons (Fsp3) is 0.308. The molecule has 1 heterocycles. The van der Waals surface area contributed by atoms with Crippen molar-refractivity contribution in [2.45, 2.75) is 25.8 Å². The first-order valence-electron chi connectivity index (χ1n) is 6.37. The third-order valence-corrected chi connectivity index (χ3v) is 2.94. The maximum atomic E-state index is 11.7. The lowest BCUT2D eigenvalue weighted by Gasteiger charge is -2.10. The summed E-state index contributed by atoms with van der Waals surface area (Å²) in [6.45, 7) is 1.88. The van der Waals surface area contributed by atoms with Crippen LogP contribution in [0.2, 0.25) is 0 Å². The van der Waals surface area contributed by atoms with Crippen LogP contribution in [0.4, 0.5) is 5.69 Å². The Kier molecular flexibility index (Phi) is 4.60. The average molecular weight is 289 g/mol. The summed E-state index contributed by atoms with van der Waals surface area (Å²) in [5, 5.41) is 22.0. The van der Waals surface area contributed by atoms with Crippen molar-refractivity contribution in [1.82, 2.24) is 20.2 Å². The number of carboxylic acids is 1. The van der Waals surface area contributed by atoms with Crippen LogP contribution in [0, 0.1) is 0 Å². The predicted octanol–water partition coefficient (Wildman–Crippen LogP) is 0.890. The molecule has 2 rings (SSSR count). The zero-order chi connectivity index (χ0) is 15.2. The summed E-state index contributed by atoms with van der Waals surface area (Å²) in [4.78, 5) is 22.4. The second kappa shape index (κ2) is 6.60. The maximum absolute atomic E-state index is 11.7. The summed E-state index contributed by atoms with van der Waals surface area (Å²) in [6, 6.07) is 7.09. The number of anilines is 1. The Morgan fingerprint density at radius 2 is 2.05 bits per heavy atom. The van der Waals surface area contributed by atoms with E-state index in [0.29, 0.717) is 5.69 Å². The fourth-order valence-electron chi connectivity index (χ4n) is 1.88. The van der Waals surface area contributed by atoms with Gasteiger partial charge in [0.1, 0.15) is 12.9 Å². The molecule has 0 bridgehead atoms. The molecule has 8 nitrogen and oxygen atoms in total. The molecule has 0 saturated heterocycles. The van der Waals surface area contributed by atoms with E-state index in [2.05, 4.69) is 20.8 Å². The highest BCUT2D eigenvalue weighted by atomic mass is 16.4. The molecule has 21 heavy (non-hydrogen) atoms. The number of nitrogens with one attached hydrogen (secondary N) is 1. The Bertz CT molecular complexity index is 609. The van der Waals surface area contributed by atoms with Crippen LogP contribution < -0.4 is 5.32 Å². The Hall–Kier alpha value is -2.77. The van der Waals surface area contributed by atoms with Gasteiger partial charge in [-0.2, -0.15) is 0 Å². The van der Waals surface area contributed by atoms with E-state index < -0.39 is 5.97 Å². The van der Waals surface area contributed by atoms with Crippen molar-refractivity contribution in [3.63, 3.8) is 0 Å². The third-order valence-electron chi connectivity index (χ3n) is 2.94. The van der Waals surface area contributed by atoms with E-state index >= 15 is 0 Å². The minimum absolute atomic E-state index is 0.0319. The molecule has 0 aliphatic heterocycles. The molecule has 2 aromatic rings. The molecule has 0 aliphatic rings. The second-order valence-corrected chi connectivity index (χ2v) is 4.68. The Morgan fingerprint density at radius 1 is 1.33 bits per heavy atom. The van der Waals surface area contributed by atoms with Crippen LogP contribution in [-0.4, -0.2) is 37.2 Å². The first-order chi connectivity index (χ1) is 10.0. The molecule has 0 fully saturated rings. The molecule has 1 aromatic heterocycles. The molecule has 1 unspecified atom stereocenters. The van der Waals surface area contributed by atoms with Crippen LogP contribution in [0.1, 0.15) is 24.8 Å². The molecular formula is C13H15N5O3. The highest BCUT2D eigenvalue weighted by molar-refractivity contribution is 5.90. The molecule has 0 aliphatic carbocycles. The second-order valence-electron chi connectivity index (χ2n) is 4.68. The molecule has 0 spiro atoms. The number of amides is 1. The highest BCUT2D eigenvalue weighted by Crippen LogP contribution is 2.20. The van der Waals surface area contributed by atoms with Gasteiger partial charge in [0.25, 0.3) is 0 Å². The van der Waals surface area contributed by atoms with Crippen molar-refractivity contribution < 1.29 is 14.7 Å². The van der Waals surface area contributed by atoms with Crippen LogP contribution in [0.15, 0.2) is 30.6 Å². The van der Waals surface area contributed by atoms with Gasteiger partial charge < -0.3 is 10.4 Å². The van der Waals surface area contributed by atoms with Crippen LogP contribution in [0.5, 0.6) is 0 Å². The number of carbonyl (C=O) groups is 2. The lowest BCUT2D eigenvalue weighted by molar-refractivity contribution is -0.137. The number of nitrogens with zero attached hydrogens (tertiary/aromatic N) is 4. The lowest BCUT2D eigenvalue weighted by Crippen LogP contribution is -2.19. The summed E-state index contributed by atoms with van der Waals surface area (Å²) >= 11 is 0. The number of aromatic nitrogens is 4. The number of tetrazole rings is 1. The number of hydrogen-bond donors (Lipinski definition) is 2. The fourth-order valence-corrected chi connectivity index (χ4v) is 1.88. The molecule has 0 radical (unpaired) electrons. The number of hydrogen-bond acceptors (Lipinski definition) is 5. The summed E-state index contributed by atoms with van der Waals surface area (Å²) in [5.74, 6) is -1.15. The summed E-state index contributed by atoms with van der Waals surface area (Å²) in [6.07, 6.45) is 1.43. The van der Waals surface area contributed by atoms with Gasteiger partial charge >= 0.3 is 5.97 Å². The van der Waals surface area contributed by atoms with Gasteiger partial charge in [-0.05, 0) is 34.0 Å². The van der Waals surface area contributed by atoms with Gasteiger partial charge in [0, 0.05) is 5.69 Å². The van der Waals surface area contributed by atoms with Gasteiger partial charge in [-0.25, -0.2) is 4.68 Å². The van der Waals surface area contributed by atoms with Crippen LogP contribution >= 0.6 is 0 Å². The van der Waals surface area contributed by atoms with E-state index in [1.807, 2.05) is 6.92 Å². The van der Waals surface area contributed by atoms with Crippen LogP contribution in [0.3, 0.4) is 0 Å². The monoisotopic (exact) mass is 289 g/mol. The molecule has 8 heteroatoms. The topological polar surface area (TPSA) is 110 Å². The van der Waals surface area contributed by atoms with Crippen molar-refractivity contribution >= 4 is 17.6 Å². The van der Waals surface area contributed by atoms with Crippen molar-refractivity contribution in [3.8, 4) is 0 Å². The molecule has 110 valence electrons. The van der Waals surface area contributed by atoms with E-state index in [0.717, 1.165) is 5.56 Å². The standard InChI is InChI=1S/C13H15N5O3/c1-9(6-13(20)21)10-2-4-11(5-3-10)15-12(19)7-18-8-14-16-17-18/h2-5,8-9H,6-7H2,1H3,(H,15,19)(H,20,21). The summed E-state index contributed by atoms with van der Waals surface area (Å²) < 4.78 is 1.32. The zero-order valence-corrected chi connectivity index (χ0v) is 11.4. The Labute approximate surface area is 120 Å². The number of benzene rings is 1. The first kappa shape index (κ1) is 14.6. The van der Waals surface area contributed by atoms with Gasteiger partial charge in [0.15, 0.2) is 0 Å². The first-order valence-corrected chi connectivity index (χ1v) is 6.37. The van der Waals surface area contributed by atoms with Crippen LogP contribution in [0.25, 0.3) is 0 Å². The normalized spacial score (nSPS) is 11.9. The largest absolute Gasteiger partial charge is 0.481 e. The van der Waals surface area contributed by atoms with Crippen molar-refractivity contribution in [2.75, 3.05) is 5.32 Å². The predicted molar refractivity (Wildman–Crippen MR) is 73.6 cm³/mol.